The third kappa shape index (κ3) is 7.22. The van der Waals surface area contributed by atoms with Crippen molar-refractivity contribution in [1.29, 1.82) is 0 Å². The topological polar surface area (TPSA) is 123 Å². The van der Waals surface area contributed by atoms with Crippen LogP contribution in [0, 0.1) is 6.92 Å². The average molecular weight is 580 g/mol. The molecule has 2 aromatic rings. The Morgan fingerprint density at radius 1 is 1.23 bits per heavy atom. The van der Waals surface area contributed by atoms with Gasteiger partial charge in [-0.15, -0.1) is 4.31 Å². The van der Waals surface area contributed by atoms with Gasteiger partial charge in [-0.25, -0.2) is 0 Å². The third-order valence-corrected chi connectivity index (χ3v) is 8.18. The van der Waals surface area contributed by atoms with Gasteiger partial charge in [-0.2, -0.15) is 18.2 Å². The maximum Gasteiger partial charge on any atom is 0.416 e. The van der Waals surface area contributed by atoms with E-state index in [2.05, 4.69) is 15.6 Å². The van der Waals surface area contributed by atoms with Crippen LogP contribution in [0.1, 0.15) is 35.1 Å². The molecule has 0 radical (unpaired) electrons. The van der Waals surface area contributed by atoms with Crippen molar-refractivity contribution >= 4 is 34.9 Å². The zero-order valence-corrected chi connectivity index (χ0v) is 22.8. The summed E-state index contributed by atoms with van der Waals surface area (Å²) in [6, 6.07) is 10.4. The molecule has 216 valence electrons. The van der Waals surface area contributed by atoms with Gasteiger partial charge in [0, 0.05) is 44.0 Å². The molecule has 1 atom stereocenters. The molecule has 2 aliphatic heterocycles. The molecule has 40 heavy (non-hydrogen) atoms. The number of carbonyl (C=O) groups excluding carboxylic acids is 1. The number of aliphatic hydroxyl groups excluding tert-OH is 1. The van der Waals surface area contributed by atoms with Gasteiger partial charge >= 0.3 is 6.18 Å². The van der Waals surface area contributed by atoms with Crippen molar-refractivity contribution in [2.45, 2.75) is 31.5 Å². The number of alkyl halides is 3. The van der Waals surface area contributed by atoms with Crippen LogP contribution >= 0.6 is 0 Å². The van der Waals surface area contributed by atoms with Crippen LogP contribution < -0.4 is 10.6 Å². The zero-order chi connectivity index (χ0) is 28.9. The molecular formula is C27H32F3N5O4S. The molecule has 1 unspecified atom stereocenters. The number of aryl methyl sites for hydroxylation is 1. The number of benzene rings is 2. The van der Waals surface area contributed by atoms with Gasteiger partial charge in [0.1, 0.15) is 16.8 Å². The highest BCUT2D eigenvalue weighted by Gasteiger charge is 2.47. The molecule has 13 heteroatoms. The number of amides is 1. The Bertz CT molecular complexity index is 1260. The van der Waals surface area contributed by atoms with Crippen molar-refractivity contribution in [3.8, 4) is 0 Å². The van der Waals surface area contributed by atoms with E-state index in [1.165, 1.54) is 12.1 Å². The van der Waals surface area contributed by atoms with Crippen LogP contribution in [0.4, 0.5) is 18.9 Å². The number of piperidine rings is 1. The quantitative estimate of drug-likeness (QED) is 0.252. The second kappa shape index (κ2) is 12.7. The first-order chi connectivity index (χ1) is 19.0. The van der Waals surface area contributed by atoms with Gasteiger partial charge in [0.25, 0.3) is 5.91 Å². The number of hydroxylamine groups is 2. The maximum absolute atomic E-state index is 13.1. The Morgan fingerprint density at radius 2 is 1.98 bits per heavy atom. The molecule has 4 N–H and O–H groups in total. The molecule has 4 rings (SSSR count). The lowest BCUT2D eigenvalue weighted by Crippen LogP contribution is -2.50. The molecule has 1 spiro atoms. The predicted octanol–water partition coefficient (Wildman–Crippen LogP) is 3.15. The largest absolute Gasteiger partial charge is 0.593 e. The first-order valence-corrected chi connectivity index (χ1v) is 14.0. The number of nitrogens with one attached hydrogen (secondary N) is 2. The van der Waals surface area contributed by atoms with E-state index in [0.29, 0.717) is 39.0 Å². The van der Waals surface area contributed by atoms with E-state index < -0.39 is 28.6 Å². The minimum Gasteiger partial charge on any atom is -0.593 e. The van der Waals surface area contributed by atoms with Gasteiger partial charge in [0.15, 0.2) is 0 Å². The lowest BCUT2D eigenvalue weighted by molar-refractivity contribution is -0.137. The van der Waals surface area contributed by atoms with Gasteiger partial charge in [-0.3, -0.25) is 9.79 Å². The van der Waals surface area contributed by atoms with Crippen LogP contribution in [0.2, 0.25) is 0 Å². The van der Waals surface area contributed by atoms with Crippen molar-refractivity contribution in [3.63, 3.8) is 0 Å². The fraction of sp³-hybridized carbons (Fsp3) is 0.407. The van der Waals surface area contributed by atoms with E-state index in [9.17, 15) is 27.7 Å². The monoisotopic (exact) mass is 579 g/mol. The summed E-state index contributed by atoms with van der Waals surface area (Å²) in [5.41, 5.74) is 1.02. The second-order valence-corrected chi connectivity index (χ2v) is 11.0. The van der Waals surface area contributed by atoms with E-state index in [0.717, 1.165) is 34.0 Å². The van der Waals surface area contributed by atoms with Gasteiger partial charge in [-0.05, 0) is 61.2 Å². The Balaban J connectivity index is 1.33. The van der Waals surface area contributed by atoms with Crippen LogP contribution in [0.25, 0.3) is 6.08 Å². The number of nitrogens with zero attached hydrogens (tertiary/aromatic N) is 3. The number of aliphatic imine (C=N–C) groups is 1. The van der Waals surface area contributed by atoms with E-state index in [1.54, 1.807) is 15.8 Å². The zero-order valence-electron chi connectivity index (χ0n) is 21.9. The highest BCUT2D eigenvalue weighted by molar-refractivity contribution is 7.92. The molecule has 0 aromatic heterocycles. The Hall–Kier alpha value is -2.94. The molecule has 1 saturated heterocycles. The summed E-state index contributed by atoms with van der Waals surface area (Å²) in [6.45, 7) is 3.52. The Morgan fingerprint density at radius 3 is 2.65 bits per heavy atom. The highest BCUT2D eigenvalue weighted by Crippen LogP contribution is 2.34. The molecule has 0 bridgehead atoms. The number of amidine groups is 1. The lowest BCUT2D eigenvalue weighted by atomic mass is 9.89. The van der Waals surface area contributed by atoms with Crippen LogP contribution in [0.3, 0.4) is 0 Å². The molecule has 0 aliphatic carbocycles. The van der Waals surface area contributed by atoms with Gasteiger partial charge in [-0.1, -0.05) is 18.2 Å². The Kier molecular flexibility index (Phi) is 9.54. The maximum atomic E-state index is 13.1. The highest BCUT2D eigenvalue weighted by atomic mass is 32.2. The fourth-order valence-corrected chi connectivity index (χ4v) is 5.60. The molecule has 0 saturated carbocycles. The summed E-state index contributed by atoms with van der Waals surface area (Å²) in [7, 11) is 0. The van der Waals surface area contributed by atoms with Crippen LogP contribution in [-0.4, -0.2) is 80.8 Å². The van der Waals surface area contributed by atoms with Crippen LogP contribution in [0.5, 0.6) is 0 Å². The number of anilines is 1. The summed E-state index contributed by atoms with van der Waals surface area (Å²) in [5, 5.41) is 26.8. The minimum atomic E-state index is -4.50. The standard InChI is InChI=1S/C27H32F3N5O4S/c1-19-17-23(31-10-13-34(38)14-15-36)6-5-20(19)7-16-40(39)35-11-8-26(9-12-35)25(37)32-24(33-26)21-3-2-4-22(18-21)27(28,29)30/h2-7,16-18,31,36,38H,8-15H2,1H3,(H,32,33,37)/b16-7+. The number of aliphatic hydroxyl groups is 1. The predicted molar refractivity (Wildman–Crippen MR) is 147 cm³/mol. The molecule has 1 amide bonds. The van der Waals surface area contributed by atoms with Gasteiger partial charge in [0.2, 0.25) is 0 Å². The lowest BCUT2D eigenvalue weighted by Gasteiger charge is -2.34. The van der Waals surface area contributed by atoms with Crippen LogP contribution in [0.15, 0.2) is 52.9 Å². The van der Waals surface area contributed by atoms with Crippen molar-refractivity contribution < 1.29 is 32.8 Å². The van der Waals surface area contributed by atoms with E-state index in [1.807, 2.05) is 25.1 Å². The fourth-order valence-electron chi connectivity index (χ4n) is 4.62. The molecule has 1 fully saturated rings. The molecule has 2 aromatic carbocycles. The van der Waals surface area contributed by atoms with E-state index in [-0.39, 0.29) is 30.5 Å². The molecule has 2 heterocycles. The smallest absolute Gasteiger partial charge is 0.416 e. The number of hydrogen-bond donors (Lipinski definition) is 4. The summed E-state index contributed by atoms with van der Waals surface area (Å²) in [5.74, 6) is -0.233. The summed E-state index contributed by atoms with van der Waals surface area (Å²) < 4.78 is 54.0. The van der Waals surface area contributed by atoms with E-state index >= 15 is 0 Å². The minimum absolute atomic E-state index is 0.121. The van der Waals surface area contributed by atoms with Crippen molar-refractivity contribution in [3.05, 3.63) is 70.1 Å². The number of carbonyl (C=O) groups is 1. The normalized spacial score (nSPS) is 18.4. The van der Waals surface area contributed by atoms with Crippen molar-refractivity contribution in [2.75, 3.05) is 44.6 Å². The first kappa shape index (κ1) is 30.0. The number of halogens is 3. The summed E-state index contributed by atoms with van der Waals surface area (Å²) in [4.78, 5) is 17.3. The molecule has 2 aliphatic rings. The number of hydrogen-bond acceptors (Lipinski definition) is 8. The first-order valence-electron chi connectivity index (χ1n) is 12.8. The molecular weight excluding hydrogens is 547 g/mol. The van der Waals surface area contributed by atoms with Crippen molar-refractivity contribution in [1.82, 2.24) is 14.7 Å². The van der Waals surface area contributed by atoms with Gasteiger partial charge in [0.05, 0.1) is 23.5 Å². The average Bonchev–Trinajstić information content (AvgIpc) is 3.23. The summed E-state index contributed by atoms with van der Waals surface area (Å²) >= 11 is -1.44. The van der Waals surface area contributed by atoms with E-state index in [4.69, 9.17) is 5.11 Å². The number of rotatable bonds is 10. The third-order valence-electron chi connectivity index (χ3n) is 6.94. The molecule has 9 nitrogen and oxygen atoms in total. The van der Waals surface area contributed by atoms with Gasteiger partial charge < -0.3 is 25.5 Å². The Labute approximate surface area is 233 Å². The summed E-state index contributed by atoms with van der Waals surface area (Å²) in [6.07, 6.45) is -2.13. The van der Waals surface area contributed by atoms with Crippen LogP contribution in [-0.2, 0) is 22.3 Å². The van der Waals surface area contributed by atoms with Crippen molar-refractivity contribution in [2.24, 2.45) is 4.99 Å². The SMILES string of the molecule is Cc1cc(NCCN(O)CCO)ccc1/C=C/[S+]([O-])N1CCC2(CC1)N=C(c1cccc(C(F)(F)F)c1)NC2=O. The second-order valence-electron chi connectivity index (χ2n) is 9.71.